The molecule has 120 valence electrons. The van der Waals surface area contributed by atoms with Gasteiger partial charge in [-0.05, 0) is 44.2 Å². The van der Waals surface area contributed by atoms with Crippen molar-refractivity contribution in [2.24, 2.45) is 0 Å². The van der Waals surface area contributed by atoms with Crippen LogP contribution < -0.4 is 15.5 Å². The molecule has 0 spiro atoms. The maximum atomic E-state index is 12.2. The number of rotatable bonds is 5. The van der Waals surface area contributed by atoms with Crippen molar-refractivity contribution in [2.45, 2.75) is 43.7 Å². The second kappa shape index (κ2) is 6.52. The third-order valence-corrected chi connectivity index (χ3v) is 4.78. The highest BCUT2D eigenvalue weighted by atomic mass is 16.3. The number of hydrogen-bond acceptors (Lipinski definition) is 4. The number of aliphatic hydroxyl groups is 1. The number of nitrogens with zero attached hydrogens (tertiary/aromatic N) is 2. The van der Waals surface area contributed by atoms with E-state index < -0.39 is 0 Å². The highest BCUT2D eigenvalue weighted by molar-refractivity contribution is 5.75. The van der Waals surface area contributed by atoms with Gasteiger partial charge in [0.2, 0.25) is 0 Å². The monoisotopic (exact) mass is 304 g/mol. The molecule has 2 heterocycles. The van der Waals surface area contributed by atoms with E-state index in [1.807, 2.05) is 18.2 Å². The first-order valence-electron chi connectivity index (χ1n) is 8.06. The molecule has 3 N–H and O–H groups in total. The number of carbonyl (C=O) groups is 1. The van der Waals surface area contributed by atoms with Gasteiger partial charge < -0.3 is 20.6 Å². The zero-order valence-corrected chi connectivity index (χ0v) is 12.8. The van der Waals surface area contributed by atoms with Gasteiger partial charge in [0.25, 0.3) is 0 Å². The first-order valence-corrected chi connectivity index (χ1v) is 8.06. The van der Waals surface area contributed by atoms with Gasteiger partial charge in [-0.1, -0.05) is 6.07 Å². The smallest absolute Gasteiger partial charge is 0.315 e. The number of amides is 2. The first-order chi connectivity index (χ1) is 10.7. The minimum atomic E-state index is -0.182. The van der Waals surface area contributed by atoms with E-state index in [-0.39, 0.29) is 24.2 Å². The number of hydrogen-bond donors (Lipinski definition) is 3. The Hall–Kier alpha value is -1.82. The highest BCUT2D eigenvalue weighted by Gasteiger charge is 2.38. The van der Waals surface area contributed by atoms with E-state index in [1.165, 1.54) is 0 Å². The van der Waals surface area contributed by atoms with Gasteiger partial charge in [-0.2, -0.15) is 0 Å². The first kappa shape index (κ1) is 15.1. The van der Waals surface area contributed by atoms with Crippen LogP contribution in [0.1, 0.15) is 32.1 Å². The summed E-state index contributed by atoms with van der Waals surface area (Å²) in [4.78, 5) is 18.7. The second-order valence-corrected chi connectivity index (χ2v) is 6.33. The standard InChI is InChI=1S/C16H24N4O2/c21-11-8-16(6-3-7-16)19-15(22)18-13-5-10-20(12-13)14-4-1-2-9-17-14/h1-2,4,9,13,21H,3,5-8,10-12H2,(H2,18,19,22)/t13-/m0/s1. The van der Waals surface area contributed by atoms with Crippen LogP contribution in [0.3, 0.4) is 0 Å². The maximum absolute atomic E-state index is 12.2. The van der Waals surface area contributed by atoms with Crippen LogP contribution in [0.25, 0.3) is 0 Å². The molecule has 1 aliphatic heterocycles. The van der Waals surface area contributed by atoms with Crippen molar-refractivity contribution in [3.8, 4) is 0 Å². The van der Waals surface area contributed by atoms with Crippen LogP contribution in [0.2, 0.25) is 0 Å². The van der Waals surface area contributed by atoms with E-state index in [9.17, 15) is 4.79 Å². The van der Waals surface area contributed by atoms with Gasteiger partial charge in [0, 0.05) is 37.5 Å². The van der Waals surface area contributed by atoms with Crippen LogP contribution in [-0.2, 0) is 0 Å². The molecule has 0 bridgehead atoms. The molecule has 6 nitrogen and oxygen atoms in total. The summed E-state index contributed by atoms with van der Waals surface area (Å²) < 4.78 is 0. The third-order valence-electron chi connectivity index (χ3n) is 4.78. The predicted molar refractivity (Wildman–Crippen MR) is 84.8 cm³/mol. The summed E-state index contributed by atoms with van der Waals surface area (Å²) in [6, 6.07) is 5.91. The van der Waals surface area contributed by atoms with Crippen LogP contribution in [0.4, 0.5) is 10.6 Å². The van der Waals surface area contributed by atoms with E-state index >= 15 is 0 Å². The zero-order valence-electron chi connectivity index (χ0n) is 12.8. The van der Waals surface area contributed by atoms with Crippen LogP contribution in [0.15, 0.2) is 24.4 Å². The Labute approximate surface area is 130 Å². The lowest BCUT2D eigenvalue weighted by Crippen LogP contribution is -2.58. The molecule has 1 saturated carbocycles. The Bertz CT molecular complexity index is 504. The summed E-state index contributed by atoms with van der Waals surface area (Å²) in [5, 5.41) is 15.3. The van der Waals surface area contributed by atoms with E-state index in [2.05, 4.69) is 20.5 Å². The number of anilines is 1. The summed E-state index contributed by atoms with van der Waals surface area (Å²) >= 11 is 0. The van der Waals surface area contributed by atoms with Crippen molar-refractivity contribution in [2.75, 3.05) is 24.6 Å². The summed E-state index contributed by atoms with van der Waals surface area (Å²) in [7, 11) is 0. The topological polar surface area (TPSA) is 77.5 Å². The molecular weight excluding hydrogens is 280 g/mol. The van der Waals surface area contributed by atoms with Crippen molar-refractivity contribution in [1.82, 2.24) is 15.6 Å². The Morgan fingerprint density at radius 1 is 1.45 bits per heavy atom. The number of urea groups is 1. The van der Waals surface area contributed by atoms with Gasteiger partial charge in [0.1, 0.15) is 5.82 Å². The van der Waals surface area contributed by atoms with Crippen LogP contribution in [0, 0.1) is 0 Å². The average Bonchev–Trinajstić information content (AvgIpc) is 2.94. The molecule has 1 aromatic rings. The van der Waals surface area contributed by atoms with Gasteiger partial charge in [-0.15, -0.1) is 0 Å². The van der Waals surface area contributed by atoms with E-state index in [0.717, 1.165) is 44.6 Å². The van der Waals surface area contributed by atoms with Crippen molar-refractivity contribution >= 4 is 11.8 Å². The minimum Gasteiger partial charge on any atom is -0.396 e. The van der Waals surface area contributed by atoms with Crippen molar-refractivity contribution in [3.63, 3.8) is 0 Å². The fraction of sp³-hybridized carbons (Fsp3) is 0.625. The maximum Gasteiger partial charge on any atom is 0.315 e. The molecule has 1 saturated heterocycles. The summed E-state index contributed by atoms with van der Waals surface area (Å²) in [6.45, 7) is 1.82. The molecule has 22 heavy (non-hydrogen) atoms. The number of aromatic nitrogens is 1. The Morgan fingerprint density at radius 3 is 2.95 bits per heavy atom. The SMILES string of the molecule is O=C(N[C@H]1CCN(c2ccccn2)C1)NC1(CCO)CCC1. The average molecular weight is 304 g/mol. The summed E-state index contributed by atoms with van der Waals surface area (Å²) in [5.74, 6) is 0.961. The molecule has 0 unspecified atom stereocenters. The highest BCUT2D eigenvalue weighted by Crippen LogP contribution is 2.34. The quantitative estimate of drug-likeness (QED) is 0.765. The van der Waals surface area contributed by atoms with Crippen molar-refractivity contribution in [1.29, 1.82) is 0 Å². The Balaban J connectivity index is 1.49. The van der Waals surface area contributed by atoms with E-state index in [1.54, 1.807) is 6.20 Å². The molecule has 2 aliphatic rings. The predicted octanol–water partition coefficient (Wildman–Crippen LogP) is 1.26. The third kappa shape index (κ3) is 3.32. The molecule has 6 heteroatoms. The molecule has 1 aromatic heterocycles. The Kier molecular flexibility index (Phi) is 4.47. The molecule has 1 atom stereocenters. The van der Waals surface area contributed by atoms with E-state index in [0.29, 0.717) is 6.42 Å². The lowest BCUT2D eigenvalue weighted by molar-refractivity contribution is 0.135. The molecule has 0 radical (unpaired) electrons. The van der Waals surface area contributed by atoms with Gasteiger partial charge in [0.15, 0.2) is 0 Å². The molecule has 0 aromatic carbocycles. The number of pyridine rings is 1. The minimum absolute atomic E-state index is 0.110. The van der Waals surface area contributed by atoms with Crippen LogP contribution in [0.5, 0.6) is 0 Å². The molecule has 2 amide bonds. The van der Waals surface area contributed by atoms with Gasteiger partial charge in [-0.3, -0.25) is 0 Å². The fourth-order valence-electron chi connectivity index (χ4n) is 3.34. The van der Waals surface area contributed by atoms with Crippen LogP contribution >= 0.6 is 0 Å². The molecule has 2 fully saturated rings. The second-order valence-electron chi connectivity index (χ2n) is 6.33. The molecular formula is C16H24N4O2. The number of nitrogens with one attached hydrogen (secondary N) is 2. The zero-order chi connectivity index (χ0) is 15.4. The van der Waals surface area contributed by atoms with Gasteiger partial charge in [-0.25, -0.2) is 9.78 Å². The number of aliphatic hydroxyl groups excluding tert-OH is 1. The lowest BCUT2D eigenvalue weighted by atomic mass is 9.74. The van der Waals surface area contributed by atoms with Crippen LogP contribution in [-0.4, -0.2) is 47.4 Å². The van der Waals surface area contributed by atoms with Crippen molar-refractivity contribution < 1.29 is 9.90 Å². The van der Waals surface area contributed by atoms with E-state index in [4.69, 9.17) is 5.11 Å². The molecule has 3 rings (SSSR count). The summed E-state index contributed by atoms with van der Waals surface area (Å²) in [5.41, 5.74) is -0.182. The normalized spacial score (nSPS) is 23.0. The Morgan fingerprint density at radius 2 is 2.32 bits per heavy atom. The van der Waals surface area contributed by atoms with Crippen molar-refractivity contribution in [3.05, 3.63) is 24.4 Å². The van der Waals surface area contributed by atoms with Gasteiger partial charge >= 0.3 is 6.03 Å². The molecule has 1 aliphatic carbocycles. The lowest BCUT2D eigenvalue weighted by Gasteiger charge is -2.42. The van der Waals surface area contributed by atoms with Gasteiger partial charge in [0.05, 0.1) is 0 Å². The number of carbonyl (C=O) groups excluding carboxylic acids is 1. The fourth-order valence-corrected chi connectivity index (χ4v) is 3.34. The summed E-state index contributed by atoms with van der Waals surface area (Å²) in [6.07, 6.45) is 6.41. The largest absolute Gasteiger partial charge is 0.396 e.